The van der Waals surface area contributed by atoms with Crippen LogP contribution in [0.1, 0.15) is 42.6 Å². The predicted octanol–water partition coefficient (Wildman–Crippen LogP) is 5.45. The quantitative estimate of drug-likeness (QED) is 0.663. The molecular formula is C16H17BrOS. The molecule has 0 amide bonds. The first-order chi connectivity index (χ1) is 9.15. The topological polar surface area (TPSA) is 17.1 Å². The van der Waals surface area contributed by atoms with E-state index in [4.69, 9.17) is 0 Å². The minimum Gasteiger partial charge on any atom is -0.293 e. The first kappa shape index (κ1) is 14.5. The van der Waals surface area contributed by atoms with Crippen molar-refractivity contribution in [3.63, 3.8) is 0 Å². The minimum atomic E-state index is -0.412. The summed E-state index contributed by atoms with van der Waals surface area (Å²) in [7, 11) is 0. The van der Waals surface area contributed by atoms with Gasteiger partial charge in [0.25, 0.3) is 0 Å². The standard InChI is InChI=1S/C16H17BrOS/c1-3-16(4-2,12-8-6-5-7-9-12)15(18)13-10-19-11-14(13)17/h5-11H,3-4H2,1-2H3. The van der Waals surface area contributed by atoms with E-state index < -0.39 is 5.41 Å². The zero-order valence-electron chi connectivity index (χ0n) is 11.2. The number of Topliss-reactive ketones (excluding diaryl/α,β-unsaturated/α-hetero) is 1. The van der Waals surface area contributed by atoms with E-state index in [9.17, 15) is 4.79 Å². The Balaban J connectivity index is 2.52. The largest absolute Gasteiger partial charge is 0.293 e. The number of carbonyl (C=O) groups is 1. The molecule has 0 saturated carbocycles. The number of ketones is 1. The highest BCUT2D eigenvalue weighted by atomic mass is 79.9. The van der Waals surface area contributed by atoms with Crippen molar-refractivity contribution >= 4 is 33.0 Å². The van der Waals surface area contributed by atoms with Crippen molar-refractivity contribution in [3.05, 3.63) is 56.7 Å². The SMILES string of the molecule is CCC(CC)(C(=O)c1cscc1Br)c1ccccc1. The second-order valence-corrected chi connectivity index (χ2v) is 6.22. The van der Waals surface area contributed by atoms with Crippen LogP contribution in [-0.4, -0.2) is 5.78 Å². The van der Waals surface area contributed by atoms with Gasteiger partial charge < -0.3 is 0 Å². The summed E-state index contributed by atoms with van der Waals surface area (Å²) >= 11 is 5.04. The molecule has 19 heavy (non-hydrogen) atoms. The zero-order chi connectivity index (χ0) is 13.9. The van der Waals surface area contributed by atoms with Crippen LogP contribution in [0.2, 0.25) is 0 Å². The number of hydrogen-bond acceptors (Lipinski definition) is 2. The number of hydrogen-bond donors (Lipinski definition) is 0. The van der Waals surface area contributed by atoms with Gasteiger partial charge in [0.1, 0.15) is 0 Å². The van der Waals surface area contributed by atoms with Crippen LogP contribution in [0.3, 0.4) is 0 Å². The second-order valence-electron chi connectivity index (χ2n) is 4.62. The van der Waals surface area contributed by atoms with E-state index in [1.807, 2.05) is 29.0 Å². The van der Waals surface area contributed by atoms with E-state index in [0.717, 1.165) is 28.4 Å². The molecule has 1 nitrogen and oxygen atoms in total. The molecule has 0 spiro atoms. The normalized spacial score (nSPS) is 11.5. The predicted molar refractivity (Wildman–Crippen MR) is 85.1 cm³/mol. The molecule has 2 rings (SSSR count). The van der Waals surface area contributed by atoms with E-state index in [2.05, 4.69) is 41.9 Å². The fraction of sp³-hybridized carbons (Fsp3) is 0.312. The van der Waals surface area contributed by atoms with Crippen LogP contribution in [0.4, 0.5) is 0 Å². The van der Waals surface area contributed by atoms with Gasteiger partial charge in [-0.15, -0.1) is 0 Å². The van der Waals surface area contributed by atoms with Gasteiger partial charge in [-0.05, 0) is 34.3 Å². The minimum absolute atomic E-state index is 0.219. The summed E-state index contributed by atoms with van der Waals surface area (Å²) in [5.41, 5.74) is 1.51. The molecule has 0 saturated heterocycles. The first-order valence-electron chi connectivity index (χ1n) is 6.47. The number of benzene rings is 1. The molecule has 1 aromatic heterocycles. The maximum Gasteiger partial charge on any atom is 0.175 e. The lowest BCUT2D eigenvalue weighted by Crippen LogP contribution is -2.34. The van der Waals surface area contributed by atoms with E-state index in [1.54, 1.807) is 11.3 Å². The average Bonchev–Trinajstić information content (AvgIpc) is 2.88. The Hall–Kier alpha value is -0.930. The highest BCUT2D eigenvalue weighted by molar-refractivity contribution is 9.10. The Morgan fingerprint density at radius 2 is 1.79 bits per heavy atom. The maximum atomic E-state index is 13.0. The molecule has 0 aliphatic heterocycles. The lowest BCUT2D eigenvalue weighted by atomic mass is 9.71. The van der Waals surface area contributed by atoms with Gasteiger partial charge in [0.05, 0.1) is 5.41 Å². The zero-order valence-corrected chi connectivity index (χ0v) is 13.6. The van der Waals surface area contributed by atoms with E-state index in [0.29, 0.717) is 0 Å². The Labute approximate surface area is 126 Å². The summed E-state index contributed by atoms with van der Waals surface area (Å²) in [5, 5.41) is 3.91. The first-order valence-corrected chi connectivity index (χ1v) is 8.21. The maximum absolute atomic E-state index is 13.0. The highest BCUT2D eigenvalue weighted by Crippen LogP contribution is 2.37. The third-order valence-corrected chi connectivity index (χ3v) is 5.53. The van der Waals surface area contributed by atoms with Crippen LogP contribution >= 0.6 is 27.3 Å². The van der Waals surface area contributed by atoms with Gasteiger partial charge in [0.15, 0.2) is 5.78 Å². The van der Waals surface area contributed by atoms with Gasteiger partial charge in [0, 0.05) is 20.8 Å². The fourth-order valence-corrected chi connectivity index (χ4v) is 4.02. The molecule has 0 aliphatic carbocycles. The van der Waals surface area contributed by atoms with Crippen molar-refractivity contribution in [1.82, 2.24) is 0 Å². The molecule has 0 unspecified atom stereocenters. The van der Waals surface area contributed by atoms with Crippen molar-refractivity contribution in [1.29, 1.82) is 0 Å². The van der Waals surface area contributed by atoms with Crippen LogP contribution in [0.25, 0.3) is 0 Å². The van der Waals surface area contributed by atoms with Gasteiger partial charge in [-0.2, -0.15) is 11.3 Å². The van der Waals surface area contributed by atoms with E-state index >= 15 is 0 Å². The molecule has 0 atom stereocenters. The Bertz CT molecular complexity index is 555. The molecule has 0 bridgehead atoms. The van der Waals surface area contributed by atoms with E-state index in [-0.39, 0.29) is 5.78 Å². The highest BCUT2D eigenvalue weighted by Gasteiger charge is 2.38. The number of thiophene rings is 1. The van der Waals surface area contributed by atoms with Crippen LogP contribution in [-0.2, 0) is 5.41 Å². The number of halogens is 1. The van der Waals surface area contributed by atoms with E-state index in [1.165, 1.54) is 0 Å². The van der Waals surface area contributed by atoms with Crippen LogP contribution in [0, 0.1) is 0 Å². The van der Waals surface area contributed by atoms with Crippen LogP contribution in [0.5, 0.6) is 0 Å². The average molecular weight is 337 g/mol. The Morgan fingerprint density at radius 1 is 1.16 bits per heavy atom. The Kier molecular flexibility index (Phi) is 4.58. The van der Waals surface area contributed by atoms with Gasteiger partial charge >= 0.3 is 0 Å². The molecule has 0 N–H and O–H groups in total. The lowest BCUT2D eigenvalue weighted by Gasteiger charge is -2.30. The van der Waals surface area contributed by atoms with Crippen molar-refractivity contribution in [3.8, 4) is 0 Å². The van der Waals surface area contributed by atoms with Gasteiger partial charge in [-0.3, -0.25) is 4.79 Å². The molecular weight excluding hydrogens is 320 g/mol. The summed E-state index contributed by atoms with van der Waals surface area (Å²) in [6, 6.07) is 10.1. The number of carbonyl (C=O) groups excluding carboxylic acids is 1. The molecule has 2 aromatic rings. The van der Waals surface area contributed by atoms with Gasteiger partial charge in [0.2, 0.25) is 0 Å². The summed E-state index contributed by atoms with van der Waals surface area (Å²) in [6.07, 6.45) is 1.63. The molecule has 1 aromatic carbocycles. The molecule has 100 valence electrons. The Morgan fingerprint density at radius 3 is 2.26 bits per heavy atom. The molecule has 0 fully saturated rings. The summed E-state index contributed by atoms with van der Waals surface area (Å²) in [5.74, 6) is 0.219. The van der Waals surface area contributed by atoms with Crippen molar-refractivity contribution in [2.75, 3.05) is 0 Å². The molecule has 3 heteroatoms. The summed E-state index contributed by atoms with van der Waals surface area (Å²) in [4.78, 5) is 13.0. The van der Waals surface area contributed by atoms with Crippen molar-refractivity contribution in [2.45, 2.75) is 32.1 Å². The monoisotopic (exact) mass is 336 g/mol. The third-order valence-electron chi connectivity index (χ3n) is 3.83. The molecule has 0 aliphatic rings. The summed E-state index contributed by atoms with van der Waals surface area (Å²) in [6.45, 7) is 4.18. The fourth-order valence-electron chi connectivity index (χ4n) is 2.57. The number of rotatable bonds is 5. The van der Waals surface area contributed by atoms with Crippen LogP contribution < -0.4 is 0 Å². The molecule has 0 radical (unpaired) electrons. The smallest absolute Gasteiger partial charge is 0.175 e. The van der Waals surface area contributed by atoms with Gasteiger partial charge in [-0.25, -0.2) is 0 Å². The van der Waals surface area contributed by atoms with Crippen LogP contribution in [0.15, 0.2) is 45.6 Å². The molecule has 1 heterocycles. The van der Waals surface area contributed by atoms with Gasteiger partial charge in [-0.1, -0.05) is 44.2 Å². The van der Waals surface area contributed by atoms with Crippen molar-refractivity contribution in [2.24, 2.45) is 0 Å². The summed E-state index contributed by atoms with van der Waals surface area (Å²) < 4.78 is 0.907. The third kappa shape index (κ3) is 2.54. The lowest BCUT2D eigenvalue weighted by molar-refractivity contribution is 0.0872. The van der Waals surface area contributed by atoms with Crippen molar-refractivity contribution < 1.29 is 4.79 Å². The second kappa shape index (κ2) is 6.02.